The lowest BCUT2D eigenvalue weighted by Crippen LogP contribution is -2.03. The molecular weight excluding hydrogens is 277 g/mol. The molecule has 0 aliphatic rings. The van der Waals surface area contributed by atoms with Crippen LogP contribution < -0.4 is 0 Å². The highest BCUT2D eigenvalue weighted by Crippen LogP contribution is 2.29. The molecule has 8 heteroatoms. The number of hydrogen-bond donors (Lipinski definition) is 1. The van der Waals surface area contributed by atoms with Gasteiger partial charge in [0.1, 0.15) is 10.7 Å². The first-order valence-corrected chi connectivity index (χ1v) is 6.89. The summed E-state index contributed by atoms with van der Waals surface area (Å²) in [6.45, 7) is 0. The third-order valence-corrected chi connectivity index (χ3v) is 3.49. The van der Waals surface area contributed by atoms with Gasteiger partial charge in [-0.05, 0) is 12.1 Å². The van der Waals surface area contributed by atoms with Gasteiger partial charge in [0.2, 0.25) is 0 Å². The van der Waals surface area contributed by atoms with Gasteiger partial charge in [-0.25, -0.2) is 17.6 Å². The standard InChI is InChI=1S/C11H8FNO5S/c1-19(16,17)10-6(3-2-4-7(10)12)9-5-8(11(14)15)13-18-9/h2-5H,1H3,(H,14,15). The van der Waals surface area contributed by atoms with Crippen molar-refractivity contribution in [3.63, 3.8) is 0 Å². The van der Waals surface area contributed by atoms with Crippen LogP contribution >= 0.6 is 0 Å². The van der Waals surface area contributed by atoms with Crippen LogP contribution in [0.5, 0.6) is 0 Å². The molecule has 0 saturated carbocycles. The first kappa shape index (κ1) is 13.2. The van der Waals surface area contributed by atoms with Gasteiger partial charge in [0.25, 0.3) is 0 Å². The van der Waals surface area contributed by atoms with Crippen molar-refractivity contribution in [2.24, 2.45) is 0 Å². The Balaban J connectivity index is 2.69. The van der Waals surface area contributed by atoms with Crippen molar-refractivity contribution in [1.82, 2.24) is 5.16 Å². The van der Waals surface area contributed by atoms with Gasteiger partial charge in [-0.1, -0.05) is 11.2 Å². The molecule has 0 saturated heterocycles. The molecule has 1 heterocycles. The normalized spacial score (nSPS) is 11.5. The highest BCUT2D eigenvalue weighted by molar-refractivity contribution is 7.90. The summed E-state index contributed by atoms with van der Waals surface area (Å²) in [6.07, 6.45) is 0.851. The fraction of sp³-hybridized carbons (Fsp3) is 0.0909. The lowest BCUT2D eigenvalue weighted by atomic mass is 10.1. The zero-order valence-electron chi connectivity index (χ0n) is 9.62. The zero-order valence-corrected chi connectivity index (χ0v) is 10.4. The fourth-order valence-corrected chi connectivity index (χ4v) is 2.57. The van der Waals surface area contributed by atoms with E-state index in [0.717, 1.165) is 18.4 Å². The fourth-order valence-electron chi connectivity index (χ4n) is 1.58. The molecule has 0 spiro atoms. The lowest BCUT2D eigenvalue weighted by Gasteiger charge is -2.05. The predicted molar refractivity (Wildman–Crippen MR) is 62.0 cm³/mol. The third-order valence-electron chi connectivity index (χ3n) is 2.33. The second-order valence-corrected chi connectivity index (χ2v) is 5.72. The van der Waals surface area contributed by atoms with E-state index in [1.807, 2.05) is 0 Å². The van der Waals surface area contributed by atoms with E-state index in [4.69, 9.17) is 9.63 Å². The average molecular weight is 285 g/mol. The van der Waals surface area contributed by atoms with Crippen LogP contribution in [0.1, 0.15) is 10.5 Å². The number of aromatic nitrogens is 1. The summed E-state index contributed by atoms with van der Waals surface area (Å²) in [4.78, 5) is 10.1. The predicted octanol–water partition coefficient (Wildman–Crippen LogP) is 1.58. The number of benzene rings is 1. The molecule has 0 amide bonds. The van der Waals surface area contributed by atoms with E-state index in [2.05, 4.69) is 5.16 Å². The summed E-state index contributed by atoms with van der Waals surface area (Å²) >= 11 is 0. The largest absolute Gasteiger partial charge is 0.476 e. The second kappa shape index (κ2) is 4.47. The van der Waals surface area contributed by atoms with E-state index in [1.54, 1.807) is 0 Å². The van der Waals surface area contributed by atoms with Crippen LogP contribution in [-0.2, 0) is 9.84 Å². The van der Waals surface area contributed by atoms with Gasteiger partial charge in [0.05, 0.1) is 0 Å². The van der Waals surface area contributed by atoms with Gasteiger partial charge in [-0.15, -0.1) is 0 Å². The van der Waals surface area contributed by atoms with Gasteiger partial charge in [0.15, 0.2) is 21.3 Å². The van der Waals surface area contributed by atoms with Gasteiger partial charge in [-0.2, -0.15) is 0 Å². The summed E-state index contributed by atoms with van der Waals surface area (Å²) in [5.74, 6) is -2.39. The van der Waals surface area contributed by atoms with Crippen LogP contribution in [0.25, 0.3) is 11.3 Å². The number of nitrogens with zero attached hydrogens (tertiary/aromatic N) is 1. The molecule has 0 fully saturated rings. The highest BCUT2D eigenvalue weighted by atomic mass is 32.2. The van der Waals surface area contributed by atoms with Crippen molar-refractivity contribution in [2.75, 3.05) is 6.26 Å². The molecule has 1 N–H and O–H groups in total. The number of carbonyl (C=O) groups is 1. The van der Waals surface area contributed by atoms with Crippen molar-refractivity contribution in [3.05, 3.63) is 35.8 Å². The Morgan fingerprint density at radius 3 is 2.63 bits per heavy atom. The van der Waals surface area contributed by atoms with Crippen LogP contribution in [0.3, 0.4) is 0 Å². The van der Waals surface area contributed by atoms with Gasteiger partial charge in [-0.3, -0.25) is 0 Å². The summed E-state index contributed by atoms with van der Waals surface area (Å²) in [5, 5.41) is 12.0. The Morgan fingerprint density at radius 2 is 2.11 bits per heavy atom. The Bertz CT molecular complexity index is 750. The van der Waals surface area contributed by atoms with Crippen LogP contribution in [0.2, 0.25) is 0 Å². The monoisotopic (exact) mass is 285 g/mol. The molecule has 0 radical (unpaired) electrons. The second-order valence-electron chi connectivity index (χ2n) is 3.77. The molecule has 0 atom stereocenters. The lowest BCUT2D eigenvalue weighted by molar-refractivity contribution is 0.0686. The minimum Gasteiger partial charge on any atom is -0.476 e. The summed E-state index contributed by atoms with van der Waals surface area (Å²) in [6, 6.07) is 4.63. The van der Waals surface area contributed by atoms with E-state index < -0.39 is 32.2 Å². The molecule has 1 aromatic heterocycles. The number of sulfone groups is 1. The molecule has 0 bridgehead atoms. The Labute approximate surface area is 107 Å². The van der Waals surface area contributed by atoms with Crippen molar-refractivity contribution < 1.29 is 27.2 Å². The van der Waals surface area contributed by atoms with Gasteiger partial charge >= 0.3 is 5.97 Å². The van der Waals surface area contributed by atoms with E-state index >= 15 is 0 Å². The number of rotatable bonds is 3. The van der Waals surface area contributed by atoms with Crippen LogP contribution in [0, 0.1) is 5.82 Å². The van der Waals surface area contributed by atoms with Crippen LogP contribution in [0.4, 0.5) is 4.39 Å². The first-order valence-electron chi connectivity index (χ1n) is 4.99. The highest BCUT2D eigenvalue weighted by Gasteiger charge is 2.23. The number of carboxylic acid groups (broad SMARTS) is 1. The number of hydrogen-bond acceptors (Lipinski definition) is 5. The third kappa shape index (κ3) is 2.48. The zero-order chi connectivity index (χ0) is 14.2. The van der Waals surface area contributed by atoms with Crippen molar-refractivity contribution in [1.29, 1.82) is 0 Å². The molecule has 0 aliphatic heterocycles. The summed E-state index contributed by atoms with van der Waals surface area (Å²) in [5.41, 5.74) is -0.457. The van der Waals surface area contributed by atoms with Crippen molar-refractivity contribution in [2.45, 2.75) is 4.90 Å². The molecule has 2 rings (SSSR count). The number of aromatic carboxylic acids is 1. The first-order chi connectivity index (χ1) is 8.80. The van der Waals surface area contributed by atoms with E-state index in [9.17, 15) is 17.6 Å². The molecule has 0 aliphatic carbocycles. The quantitative estimate of drug-likeness (QED) is 0.919. The molecule has 6 nitrogen and oxygen atoms in total. The maximum atomic E-state index is 13.6. The topological polar surface area (TPSA) is 97.5 Å². The van der Waals surface area contributed by atoms with Crippen LogP contribution in [0.15, 0.2) is 33.7 Å². The van der Waals surface area contributed by atoms with E-state index in [-0.39, 0.29) is 11.3 Å². The Hall–Kier alpha value is -2.22. The smallest absolute Gasteiger partial charge is 0.358 e. The molecule has 19 heavy (non-hydrogen) atoms. The molecule has 0 unspecified atom stereocenters. The van der Waals surface area contributed by atoms with Gasteiger partial charge in [0, 0.05) is 17.9 Å². The van der Waals surface area contributed by atoms with Gasteiger partial charge < -0.3 is 9.63 Å². The summed E-state index contributed by atoms with van der Waals surface area (Å²) < 4.78 is 41.5. The number of carboxylic acids is 1. The SMILES string of the molecule is CS(=O)(=O)c1c(F)cccc1-c1cc(C(=O)O)no1. The summed E-state index contributed by atoms with van der Waals surface area (Å²) in [7, 11) is -3.83. The Kier molecular flexibility index (Phi) is 3.11. The molecular formula is C11H8FNO5S. The molecule has 1 aromatic carbocycles. The minimum atomic E-state index is -3.83. The maximum Gasteiger partial charge on any atom is 0.358 e. The van der Waals surface area contributed by atoms with Crippen molar-refractivity contribution >= 4 is 15.8 Å². The maximum absolute atomic E-state index is 13.6. The molecule has 100 valence electrons. The minimum absolute atomic E-state index is 0.0671. The van der Waals surface area contributed by atoms with E-state index in [1.165, 1.54) is 12.1 Å². The average Bonchev–Trinajstić information content (AvgIpc) is 2.75. The van der Waals surface area contributed by atoms with Crippen LogP contribution in [-0.4, -0.2) is 30.9 Å². The number of halogens is 1. The van der Waals surface area contributed by atoms with E-state index in [0.29, 0.717) is 0 Å². The molecule has 2 aromatic rings. The van der Waals surface area contributed by atoms with Crippen molar-refractivity contribution in [3.8, 4) is 11.3 Å². The Morgan fingerprint density at radius 1 is 1.42 bits per heavy atom.